The van der Waals surface area contributed by atoms with E-state index < -0.39 is 6.04 Å². The molecule has 0 spiro atoms. The molecule has 0 aromatic heterocycles. The second kappa shape index (κ2) is 13.4. The maximum Gasteiger partial charge on any atom is 0.243 e. The third kappa shape index (κ3) is 8.19. The Balaban J connectivity index is 1.59. The Morgan fingerprint density at radius 2 is 1.51 bits per heavy atom. The molecule has 1 saturated carbocycles. The van der Waals surface area contributed by atoms with E-state index in [9.17, 15) is 9.59 Å². The molecule has 37 heavy (non-hydrogen) atoms. The van der Waals surface area contributed by atoms with Gasteiger partial charge in [-0.05, 0) is 55.0 Å². The Bertz CT molecular complexity index is 1140. The van der Waals surface area contributed by atoms with E-state index in [2.05, 4.69) is 36.5 Å². The van der Waals surface area contributed by atoms with E-state index in [0.717, 1.165) is 42.4 Å². The molecule has 0 radical (unpaired) electrons. The molecule has 194 valence electrons. The Morgan fingerprint density at radius 1 is 0.865 bits per heavy atom. The zero-order valence-electron chi connectivity index (χ0n) is 21.7. The van der Waals surface area contributed by atoms with Gasteiger partial charge >= 0.3 is 0 Å². The number of carbonyl (C=O) groups is 2. The van der Waals surface area contributed by atoms with E-state index in [-0.39, 0.29) is 17.9 Å². The van der Waals surface area contributed by atoms with Crippen molar-refractivity contribution in [2.45, 2.75) is 76.9 Å². The zero-order chi connectivity index (χ0) is 26.0. The van der Waals surface area contributed by atoms with Gasteiger partial charge in [0, 0.05) is 30.5 Å². The monoisotopic (exact) mass is 516 g/mol. The summed E-state index contributed by atoms with van der Waals surface area (Å²) in [6, 6.07) is 25.4. The molecule has 4 rings (SSSR count). The fourth-order valence-corrected chi connectivity index (χ4v) is 5.16. The first kappa shape index (κ1) is 26.9. The summed E-state index contributed by atoms with van der Waals surface area (Å²) in [4.78, 5) is 29.4. The second-order valence-electron chi connectivity index (χ2n) is 10.2. The molecule has 1 aliphatic carbocycles. The molecule has 1 aliphatic rings. The lowest BCUT2D eigenvalue weighted by atomic mass is 9.94. The summed E-state index contributed by atoms with van der Waals surface area (Å²) in [5.41, 5.74) is 4.31. The molecule has 1 atom stereocenters. The highest BCUT2D eigenvalue weighted by molar-refractivity contribution is 6.30. The molecule has 0 unspecified atom stereocenters. The van der Waals surface area contributed by atoms with E-state index in [4.69, 9.17) is 11.6 Å². The number of rotatable bonds is 10. The largest absolute Gasteiger partial charge is 0.352 e. The molecule has 5 heteroatoms. The number of halogens is 1. The zero-order valence-corrected chi connectivity index (χ0v) is 22.4. The normalized spacial score (nSPS) is 14.6. The average molecular weight is 517 g/mol. The molecule has 1 fully saturated rings. The Labute approximate surface area is 226 Å². The molecule has 4 nitrogen and oxygen atoms in total. The van der Waals surface area contributed by atoms with Crippen LogP contribution in [-0.2, 0) is 29.0 Å². The topological polar surface area (TPSA) is 49.4 Å². The number of nitrogens with one attached hydrogen (secondary N) is 1. The van der Waals surface area contributed by atoms with Crippen LogP contribution in [0.25, 0.3) is 0 Å². The number of hydrogen-bond donors (Lipinski definition) is 1. The molecule has 3 aromatic carbocycles. The first-order valence-corrected chi connectivity index (χ1v) is 13.8. The number of amides is 2. The van der Waals surface area contributed by atoms with Crippen molar-refractivity contribution >= 4 is 23.4 Å². The van der Waals surface area contributed by atoms with Gasteiger partial charge in [-0.2, -0.15) is 0 Å². The average Bonchev–Trinajstić information content (AvgIpc) is 2.92. The van der Waals surface area contributed by atoms with Gasteiger partial charge in [0.05, 0.1) is 0 Å². The van der Waals surface area contributed by atoms with Crippen molar-refractivity contribution in [2.75, 3.05) is 0 Å². The lowest BCUT2D eigenvalue weighted by Crippen LogP contribution is -2.52. The second-order valence-corrected chi connectivity index (χ2v) is 10.6. The summed E-state index contributed by atoms with van der Waals surface area (Å²) in [5.74, 6) is -0.0800. The Morgan fingerprint density at radius 3 is 2.19 bits per heavy atom. The Hall–Kier alpha value is -3.11. The van der Waals surface area contributed by atoms with E-state index in [1.54, 1.807) is 4.90 Å². The van der Waals surface area contributed by atoms with Crippen LogP contribution in [0.1, 0.15) is 60.8 Å². The van der Waals surface area contributed by atoms with Crippen LogP contribution in [0.4, 0.5) is 0 Å². The predicted molar refractivity (Wildman–Crippen MR) is 150 cm³/mol. The van der Waals surface area contributed by atoms with Crippen molar-refractivity contribution in [3.63, 3.8) is 0 Å². The molecule has 1 N–H and O–H groups in total. The van der Waals surface area contributed by atoms with Crippen molar-refractivity contribution < 1.29 is 9.59 Å². The molecule has 3 aromatic rings. The summed E-state index contributed by atoms with van der Waals surface area (Å²) in [5, 5.41) is 3.95. The number of hydrogen-bond acceptors (Lipinski definition) is 2. The van der Waals surface area contributed by atoms with Gasteiger partial charge in [0.2, 0.25) is 11.8 Å². The number of benzene rings is 3. The lowest BCUT2D eigenvalue weighted by molar-refractivity contribution is -0.141. The van der Waals surface area contributed by atoms with E-state index >= 15 is 0 Å². The van der Waals surface area contributed by atoms with Gasteiger partial charge in [-0.3, -0.25) is 9.59 Å². The highest BCUT2D eigenvalue weighted by atomic mass is 35.5. The van der Waals surface area contributed by atoms with Gasteiger partial charge in [0.1, 0.15) is 6.04 Å². The molecule has 2 amide bonds. The molecule has 0 saturated heterocycles. The highest BCUT2D eigenvalue weighted by Gasteiger charge is 2.31. The summed E-state index contributed by atoms with van der Waals surface area (Å²) < 4.78 is 0. The standard InChI is InChI=1S/C32H37ClN2O2/c1-24-12-14-25(15-13-24)18-21-31(36)35(23-27-16-19-28(33)20-17-27)30(22-26-8-4-2-5-9-26)32(37)34-29-10-6-3-7-11-29/h2,4-5,8-9,12-17,19-20,29-30H,3,6-7,10-11,18,21-23H2,1H3,(H,34,37)/t30-/m0/s1. The molecular formula is C32H37ClN2O2. The fraction of sp³-hybridized carbons (Fsp3) is 0.375. The van der Waals surface area contributed by atoms with Crippen molar-refractivity contribution in [1.82, 2.24) is 10.2 Å². The maximum absolute atomic E-state index is 13.8. The van der Waals surface area contributed by atoms with Crippen LogP contribution in [0.2, 0.25) is 5.02 Å². The van der Waals surface area contributed by atoms with Crippen LogP contribution in [0.3, 0.4) is 0 Å². The quantitative estimate of drug-likeness (QED) is 0.327. The summed E-state index contributed by atoms with van der Waals surface area (Å²) >= 11 is 6.12. The fourth-order valence-electron chi connectivity index (χ4n) is 5.03. The van der Waals surface area contributed by atoms with Gasteiger partial charge in [-0.15, -0.1) is 0 Å². The van der Waals surface area contributed by atoms with Crippen molar-refractivity contribution in [2.24, 2.45) is 0 Å². The third-order valence-electron chi connectivity index (χ3n) is 7.24. The minimum atomic E-state index is -0.592. The maximum atomic E-state index is 13.8. The minimum Gasteiger partial charge on any atom is -0.352 e. The highest BCUT2D eigenvalue weighted by Crippen LogP contribution is 2.21. The van der Waals surface area contributed by atoms with E-state index in [1.807, 2.05) is 54.6 Å². The van der Waals surface area contributed by atoms with Crippen LogP contribution < -0.4 is 5.32 Å². The summed E-state index contributed by atoms with van der Waals surface area (Å²) in [6.45, 7) is 2.42. The van der Waals surface area contributed by atoms with Crippen molar-refractivity contribution in [1.29, 1.82) is 0 Å². The van der Waals surface area contributed by atoms with E-state index in [1.165, 1.54) is 12.0 Å². The van der Waals surface area contributed by atoms with Gasteiger partial charge in [0.25, 0.3) is 0 Å². The number of nitrogens with zero attached hydrogens (tertiary/aromatic N) is 1. The van der Waals surface area contributed by atoms with Gasteiger partial charge in [-0.25, -0.2) is 0 Å². The van der Waals surface area contributed by atoms with Crippen LogP contribution >= 0.6 is 11.6 Å². The first-order valence-electron chi connectivity index (χ1n) is 13.4. The minimum absolute atomic E-state index is 0.0183. The number of carbonyl (C=O) groups excluding carboxylic acids is 2. The van der Waals surface area contributed by atoms with Crippen LogP contribution in [0.5, 0.6) is 0 Å². The number of aryl methyl sites for hydroxylation is 2. The van der Waals surface area contributed by atoms with Crippen molar-refractivity contribution in [3.05, 3.63) is 106 Å². The van der Waals surface area contributed by atoms with Gasteiger partial charge in [-0.1, -0.05) is 103 Å². The van der Waals surface area contributed by atoms with Crippen molar-refractivity contribution in [3.8, 4) is 0 Å². The van der Waals surface area contributed by atoms with Gasteiger partial charge in [0.15, 0.2) is 0 Å². The lowest BCUT2D eigenvalue weighted by Gasteiger charge is -2.33. The van der Waals surface area contributed by atoms with Crippen LogP contribution in [0, 0.1) is 6.92 Å². The van der Waals surface area contributed by atoms with Crippen LogP contribution in [-0.4, -0.2) is 28.8 Å². The molecule has 0 aliphatic heterocycles. The SMILES string of the molecule is Cc1ccc(CCC(=O)N(Cc2ccc(Cl)cc2)[C@@H](Cc2ccccc2)C(=O)NC2CCCCC2)cc1. The summed E-state index contributed by atoms with van der Waals surface area (Å²) in [7, 11) is 0. The Kier molecular flexibility index (Phi) is 9.78. The van der Waals surface area contributed by atoms with Crippen LogP contribution in [0.15, 0.2) is 78.9 Å². The first-order chi connectivity index (χ1) is 18.0. The molecule has 0 bridgehead atoms. The molecule has 0 heterocycles. The van der Waals surface area contributed by atoms with E-state index in [0.29, 0.717) is 30.8 Å². The summed E-state index contributed by atoms with van der Waals surface area (Å²) in [6.07, 6.45) is 6.96. The predicted octanol–water partition coefficient (Wildman–Crippen LogP) is 6.67. The molecular weight excluding hydrogens is 480 g/mol. The third-order valence-corrected chi connectivity index (χ3v) is 7.49. The van der Waals surface area contributed by atoms with Gasteiger partial charge < -0.3 is 10.2 Å². The smallest absolute Gasteiger partial charge is 0.243 e.